The van der Waals surface area contributed by atoms with Gasteiger partial charge in [-0.25, -0.2) is 9.78 Å². The van der Waals surface area contributed by atoms with E-state index in [1.54, 1.807) is 0 Å². The van der Waals surface area contributed by atoms with Crippen LogP contribution in [-0.4, -0.2) is 21.1 Å². The molecule has 0 saturated heterocycles. The number of aryl methyl sites for hydroxylation is 1. The second-order valence-electron chi connectivity index (χ2n) is 6.73. The Labute approximate surface area is 125 Å². The van der Waals surface area contributed by atoms with E-state index in [1.807, 2.05) is 70.3 Å². The minimum atomic E-state index is -0.638. The molecule has 2 aromatic heterocycles. The lowest BCUT2D eigenvalue weighted by Crippen LogP contribution is -2.44. The van der Waals surface area contributed by atoms with E-state index in [1.165, 1.54) is 0 Å². The molecule has 0 radical (unpaired) electrons. The van der Waals surface area contributed by atoms with Crippen LogP contribution in [0, 0.1) is 6.92 Å². The van der Waals surface area contributed by atoms with Gasteiger partial charge in [0.05, 0.1) is 16.7 Å². The van der Waals surface area contributed by atoms with Crippen molar-refractivity contribution in [1.82, 2.24) is 14.7 Å². The fraction of sp³-hybridized carbons (Fsp3) is 0.500. The number of nitrogens with zero attached hydrogens (tertiary/aromatic N) is 2. The number of imidazole rings is 1. The number of carbonyl (C=O) groups excluding carboxylic acids is 1. The van der Waals surface area contributed by atoms with Gasteiger partial charge in [0.25, 0.3) is 0 Å². The largest absolute Gasteiger partial charge is 0.444 e. The standard InChI is InChI=1S/C16H23N3O2/c1-11-12-9-7-8-10-19(12)13(17-11)16(5,6)18-14(20)21-15(2,3)4/h7-10H,1-6H3,(H,18,20). The van der Waals surface area contributed by atoms with Gasteiger partial charge in [0.1, 0.15) is 11.4 Å². The Morgan fingerprint density at radius 2 is 1.90 bits per heavy atom. The molecule has 2 heterocycles. The molecule has 0 aliphatic rings. The van der Waals surface area contributed by atoms with Crippen LogP contribution in [0.1, 0.15) is 46.1 Å². The lowest BCUT2D eigenvalue weighted by molar-refractivity contribution is 0.0465. The minimum absolute atomic E-state index is 0.446. The van der Waals surface area contributed by atoms with Crippen molar-refractivity contribution in [3.8, 4) is 0 Å². The summed E-state index contributed by atoms with van der Waals surface area (Å²) in [6.07, 6.45) is 1.50. The first-order valence-corrected chi connectivity index (χ1v) is 7.05. The van der Waals surface area contributed by atoms with Crippen molar-refractivity contribution >= 4 is 11.6 Å². The molecular formula is C16H23N3O2. The maximum absolute atomic E-state index is 12.0. The smallest absolute Gasteiger partial charge is 0.408 e. The van der Waals surface area contributed by atoms with E-state index in [2.05, 4.69) is 10.3 Å². The van der Waals surface area contributed by atoms with E-state index in [9.17, 15) is 4.79 Å². The van der Waals surface area contributed by atoms with Crippen LogP contribution in [-0.2, 0) is 10.3 Å². The van der Waals surface area contributed by atoms with Crippen molar-refractivity contribution < 1.29 is 9.53 Å². The number of alkyl carbamates (subject to hydrolysis) is 1. The zero-order valence-corrected chi connectivity index (χ0v) is 13.5. The maximum Gasteiger partial charge on any atom is 0.408 e. The maximum atomic E-state index is 12.0. The molecule has 0 spiro atoms. The molecule has 2 aromatic rings. The normalized spacial score (nSPS) is 12.5. The van der Waals surface area contributed by atoms with E-state index in [4.69, 9.17) is 4.74 Å². The van der Waals surface area contributed by atoms with Gasteiger partial charge in [-0.05, 0) is 53.7 Å². The Bertz CT molecular complexity index is 666. The summed E-state index contributed by atoms with van der Waals surface area (Å²) in [6, 6.07) is 5.93. The van der Waals surface area contributed by atoms with Crippen LogP contribution in [0.2, 0.25) is 0 Å². The van der Waals surface area contributed by atoms with Crippen LogP contribution < -0.4 is 5.32 Å². The molecule has 1 amide bonds. The molecule has 0 fully saturated rings. The highest BCUT2D eigenvalue weighted by Gasteiger charge is 2.30. The number of ether oxygens (including phenoxy) is 1. The molecule has 0 saturated carbocycles. The first-order valence-electron chi connectivity index (χ1n) is 7.05. The fourth-order valence-corrected chi connectivity index (χ4v) is 2.25. The third-order valence-electron chi connectivity index (χ3n) is 3.10. The molecule has 2 rings (SSSR count). The van der Waals surface area contributed by atoms with Gasteiger partial charge in [-0.15, -0.1) is 0 Å². The molecule has 0 aliphatic heterocycles. The number of pyridine rings is 1. The summed E-state index contributed by atoms with van der Waals surface area (Å²) in [5.74, 6) is 0.779. The van der Waals surface area contributed by atoms with Crippen LogP contribution in [0.4, 0.5) is 4.79 Å². The SMILES string of the molecule is Cc1nc(C(C)(C)NC(=O)OC(C)(C)C)n2ccccc12. The minimum Gasteiger partial charge on any atom is -0.444 e. The van der Waals surface area contributed by atoms with E-state index < -0.39 is 17.2 Å². The highest BCUT2D eigenvalue weighted by molar-refractivity contribution is 5.69. The van der Waals surface area contributed by atoms with E-state index in [0.29, 0.717) is 0 Å². The topological polar surface area (TPSA) is 55.6 Å². The van der Waals surface area contributed by atoms with Gasteiger partial charge in [0.15, 0.2) is 0 Å². The average Bonchev–Trinajstić information content (AvgIpc) is 2.65. The Kier molecular flexibility index (Phi) is 3.70. The van der Waals surface area contributed by atoms with Gasteiger partial charge in [-0.3, -0.25) is 0 Å². The van der Waals surface area contributed by atoms with Crippen LogP contribution in [0.15, 0.2) is 24.4 Å². The summed E-state index contributed by atoms with van der Waals surface area (Å²) in [6.45, 7) is 11.3. The number of nitrogens with one attached hydrogen (secondary N) is 1. The summed E-state index contributed by atoms with van der Waals surface area (Å²) < 4.78 is 7.32. The molecule has 114 valence electrons. The molecule has 0 bridgehead atoms. The first kappa shape index (κ1) is 15.4. The van der Waals surface area contributed by atoms with Crippen LogP contribution in [0.25, 0.3) is 5.52 Å². The monoisotopic (exact) mass is 289 g/mol. The van der Waals surface area contributed by atoms with Gasteiger partial charge in [0, 0.05) is 6.20 Å². The Hall–Kier alpha value is -2.04. The van der Waals surface area contributed by atoms with Crippen molar-refractivity contribution in [2.24, 2.45) is 0 Å². The van der Waals surface area contributed by atoms with Gasteiger partial charge in [-0.1, -0.05) is 6.07 Å². The van der Waals surface area contributed by atoms with Crippen molar-refractivity contribution in [3.63, 3.8) is 0 Å². The van der Waals surface area contributed by atoms with E-state index >= 15 is 0 Å². The number of rotatable bonds is 2. The van der Waals surface area contributed by atoms with Gasteiger partial charge in [-0.2, -0.15) is 0 Å². The average molecular weight is 289 g/mol. The third kappa shape index (κ3) is 3.35. The van der Waals surface area contributed by atoms with Crippen LogP contribution in [0.3, 0.4) is 0 Å². The van der Waals surface area contributed by atoms with Crippen LogP contribution in [0.5, 0.6) is 0 Å². The van der Waals surface area contributed by atoms with E-state index in [0.717, 1.165) is 17.0 Å². The summed E-state index contributed by atoms with van der Waals surface area (Å²) in [4.78, 5) is 16.6. The highest BCUT2D eigenvalue weighted by atomic mass is 16.6. The van der Waals surface area contributed by atoms with Crippen molar-refractivity contribution in [2.45, 2.75) is 52.7 Å². The molecule has 0 atom stereocenters. The highest BCUT2D eigenvalue weighted by Crippen LogP contribution is 2.23. The van der Waals surface area contributed by atoms with Crippen molar-refractivity contribution in [3.05, 3.63) is 35.9 Å². The third-order valence-corrected chi connectivity index (χ3v) is 3.10. The zero-order chi connectivity index (χ0) is 15.8. The first-order chi connectivity index (χ1) is 9.60. The summed E-state index contributed by atoms with van der Waals surface area (Å²) in [5.41, 5.74) is 0.808. The number of amides is 1. The van der Waals surface area contributed by atoms with E-state index in [-0.39, 0.29) is 0 Å². The number of aromatic nitrogens is 2. The number of carbonyl (C=O) groups is 1. The number of fused-ring (bicyclic) bond motifs is 1. The predicted octanol–water partition coefficient (Wildman–Crippen LogP) is 3.40. The quantitative estimate of drug-likeness (QED) is 0.921. The van der Waals surface area contributed by atoms with Gasteiger partial charge in [0.2, 0.25) is 0 Å². The molecule has 0 aliphatic carbocycles. The molecule has 5 heteroatoms. The van der Waals surface area contributed by atoms with Crippen LogP contribution >= 0.6 is 0 Å². The summed E-state index contributed by atoms with van der Waals surface area (Å²) in [5, 5.41) is 2.89. The summed E-state index contributed by atoms with van der Waals surface area (Å²) >= 11 is 0. The number of hydrogen-bond donors (Lipinski definition) is 1. The van der Waals surface area contributed by atoms with Crippen molar-refractivity contribution in [1.29, 1.82) is 0 Å². The lowest BCUT2D eigenvalue weighted by Gasteiger charge is -2.27. The Morgan fingerprint density at radius 3 is 2.52 bits per heavy atom. The number of hydrogen-bond acceptors (Lipinski definition) is 3. The second-order valence-corrected chi connectivity index (χ2v) is 6.73. The predicted molar refractivity (Wildman–Crippen MR) is 82.3 cm³/mol. The van der Waals surface area contributed by atoms with Gasteiger partial charge >= 0.3 is 6.09 Å². The fourth-order valence-electron chi connectivity index (χ4n) is 2.25. The summed E-state index contributed by atoms with van der Waals surface area (Å²) in [7, 11) is 0. The molecule has 0 unspecified atom stereocenters. The molecule has 21 heavy (non-hydrogen) atoms. The van der Waals surface area contributed by atoms with Crippen molar-refractivity contribution in [2.75, 3.05) is 0 Å². The van der Waals surface area contributed by atoms with Gasteiger partial charge < -0.3 is 14.5 Å². The lowest BCUT2D eigenvalue weighted by atomic mass is 10.1. The Morgan fingerprint density at radius 1 is 1.24 bits per heavy atom. The Balaban J connectivity index is 2.32. The second kappa shape index (κ2) is 5.06. The zero-order valence-electron chi connectivity index (χ0n) is 13.5. The molecule has 5 nitrogen and oxygen atoms in total. The molecule has 1 N–H and O–H groups in total. The molecular weight excluding hydrogens is 266 g/mol. The molecule has 0 aromatic carbocycles.